The van der Waals surface area contributed by atoms with Crippen LogP contribution in [0.3, 0.4) is 0 Å². The summed E-state index contributed by atoms with van der Waals surface area (Å²) in [7, 11) is -1.50. The van der Waals surface area contributed by atoms with Crippen LogP contribution < -0.4 is 4.72 Å². The molecular weight excluding hydrogens is 213 g/mol. The van der Waals surface area contributed by atoms with Gasteiger partial charge in [0.25, 0.3) is 0 Å². The van der Waals surface area contributed by atoms with Crippen LogP contribution in [-0.2, 0) is 11.0 Å². The Morgan fingerprint density at radius 2 is 1.93 bits per heavy atom. The summed E-state index contributed by atoms with van der Waals surface area (Å²) < 4.78 is 28.0. The zero-order valence-corrected chi connectivity index (χ0v) is 10.2. The normalized spacial score (nSPS) is 13.9. The van der Waals surface area contributed by atoms with Gasteiger partial charge in [-0.05, 0) is 45.4 Å². The van der Waals surface area contributed by atoms with Gasteiger partial charge in [-0.2, -0.15) is 0 Å². The van der Waals surface area contributed by atoms with Crippen molar-refractivity contribution in [2.24, 2.45) is 0 Å². The van der Waals surface area contributed by atoms with E-state index in [0.717, 1.165) is 5.56 Å². The lowest BCUT2D eigenvalue weighted by Crippen LogP contribution is -2.37. The summed E-state index contributed by atoms with van der Waals surface area (Å²) in [4.78, 5) is 0.204. The number of hydrogen-bond donors (Lipinski definition) is 1. The Kier molecular flexibility index (Phi) is 3.62. The van der Waals surface area contributed by atoms with E-state index in [2.05, 4.69) is 4.72 Å². The highest BCUT2D eigenvalue weighted by Crippen LogP contribution is 2.14. The van der Waals surface area contributed by atoms with E-state index in [-0.39, 0.29) is 10.4 Å². The summed E-state index contributed by atoms with van der Waals surface area (Å²) in [6.45, 7) is 7.46. The Morgan fingerprint density at radius 3 is 2.40 bits per heavy atom. The zero-order valence-electron chi connectivity index (χ0n) is 9.43. The fourth-order valence-electron chi connectivity index (χ4n) is 1.09. The Morgan fingerprint density at radius 1 is 1.33 bits per heavy atom. The van der Waals surface area contributed by atoms with Gasteiger partial charge in [0, 0.05) is 5.54 Å². The van der Waals surface area contributed by atoms with Crippen LogP contribution in [-0.4, -0.2) is 9.75 Å². The molecule has 0 aliphatic rings. The van der Waals surface area contributed by atoms with Gasteiger partial charge in [0.2, 0.25) is 0 Å². The molecule has 1 aromatic rings. The van der Waals surface area contributed by atoms with E-state index in [1.54, 1.807) is 19.1 Å². The Balaban J connectivity index is 2.92. The summed E-state index contributed by atoms with van der Waals surface area (Å²) in [6.07, 6.45) is 0. The number of rotatable bonds is 2. The number of aryl methyl sites for hydroxylation is 1. The highest BCUT2D eigenvalue weighted by molar-refractivity contribution is 7.83. The second kappa shape index (κ2) is 4.41. The molecule has 0 heterocycles. The second-order valence-electron chi connectivity index (χ2n) is 4.55. The van der Waals surface area contributed by atoms with E-state index in [1.165, 1.54) is 6.07 Å². The van der Waals surface area contributed by atoms with Crippen LogP contribution in [0.4, 0.5) is 4.39 Å². The Bertz CT molecular complexity index is 385. The van der Waals surface area contributed by atoms with E-state index in [1.807, 2.05) is 20.8 Å². The SMILES string of the molecule is Cc1ccc(S(=O)NC(C)(C)C)c(F)c1. The minimum atomic E-state index is -1.50. The average Bonchev–Trinajstić information content (AvgIpc) is 1.99. The lowest BCUT2D eigenvalue weighted by atomic mass is 10.1. The first-order chi connectivity index (χ1) is 6.79. The van der Waals surface area contributed by atoms with Gasteiger partial charge < -0.3 is 0 Å². The predicted molar refractivity (Wildman–Crippen MR) is 60.4 cm³/mol. The van der Waals surface area contributed by atoms with Gasteiger partial charge >= 0.3 is 0 Å². The maximum atomic E-state index is 13.4. The molecule has 0 saturated carbocycles. The third kappa shape index (κ3) is 3.72. The lowest BCUT2D eigenvalue weighted by Gasteiger charge is -2.19. The molecule has 0 radical (unpaired) electrons. The van der Waals surface area contributed by atoms with Crippen LogP contribution in [0.2, 0.25) is 0 Å². The molecule has 1 unspecified atom stereocenters. The van der Waals surface area contributed by atoms with Crippen molar-refractivity contribution >= 4 is 11.0 Å². The molecule has 0 aromatic heterocycles. The van der Waals surface area contributed by atoms with Crippen LogP contribution >= 0.6 is 0 Å². The van der Waals surface area contributed by atoms with Crippen LogP contribution in [0.5, 0.6) is 0 Å². The molecule has 84 valence electrons. The van der Waals surface area contributed by atoms with Gasteiger partial charge in [0.1, 0.15) is 16.8 Å². The summed E-state index contributed by atoms with van der Waals surface area (Å²) >= 11 is 0. The number of benzene rings is 1. The van der Waals surface area contributed by atoms with Crippen molar-refractivity contribution in [3.63, 3.8) is 0 Å². The van der Waals surface area contributed by atoms with Crippen molar-refractivity contribution in [2.45, 2.75) is 38.1 Å². The first-order valence-corrected chi connectivity index (χ1v) is 5.90. The van der Waals surface area contributed by atoms with Crippen LogP contribution in [0, 0.1) is 12.7 Å². The van der Waals surface area contributed by atoms with Crippen molar-refractivity contribution in [3.8, 4) is 0 Å². The molecule has 0 bridgehead atoms. The largest absolute Gasteiger partial charge is 0.237 e. The average molecular weight is 229 g/mol. The number of halogens is 1. The van der Waals surface area contributed by atoms with Crippen molar-refractivity contribution < 1.29 is 8.60 Å². The van der Waals surface area contributed by atoms with E-state index < -0.39 is 16.8 Å². The smallest absolute Gasteiger partial charge is 0.140 e. The van der Waals surface area contributed by atoms with Gasteiger partial charge in [-0.3, -0.25) is 0 Å². The molecule has 15 heavy (non-hydrogen) atoms. The maximum absolute atomic E-state index is 13.4. The summed E-state index contributed by atoms with van der Waals surface area (Å²) in [5.74, 6) is -0.426. The molecule has 0 saturated heterocycles. The lowest BCUT2D eigenvalue weighted by molar-refractivity contribution is 0.516. The topological polar surface area (TPSA) is 29.1 Å². The molecule has 1 rings (SSSR count). The Labute approximate surface area is 92.5 Å². The molecule has 4 heteroatoms. The minimum Gasteiger partial charge on any atom is -0.237 e. The third-order valence-corrected chi connectivity index (χ3v) is 3.21. The summed E-state index contributed by atoms with van der Waals surface area (Å²) in [5, 5.41) is 0. The first-order valence-electron chi connectivity index (χ1n) is 4.75. The van der Waals surface area contributed by atoms with E-state index in [4.69, 9.17) is 0 Å². The molecule has 0 spiro atoms. The van der Waals surface area contributed by atoms with Gasteiger partial charge in [-0.15, -0.1) is 0 Å². The van der Waals surface area contributed by atoms with Crippen molar-refractivity contribution in [2.75, 3.05) is 0 Å². The molecule has 0 aliphatic carbocycles. The monoisotopic (exact) mass is 229 g/mol. The molecule has 0 fully saturated rings. The van der Waals surface area contributed by atoms with Crippen molar-refractivity contribution in [3.05, 3.63) is 29.6 Å². The van der Waals surface area contributed by atoms with E-state index in [0.29, 0.717) is 0 Å². The maximum Gasteiger partial charge on any atom is 0.140 e. The quantitative estimate of drug-likeness (QED) is 0.829. The van der Waals surface area contributed by atoms with Crippen LogP contribution in [0.25, 0.3) is 0 Å². The highest BCUT2D eigenvalue weighted by atomic mass is 32.2. The summed E-state index contributed by atoms with van der Waals surface area (Å²) in [5.41, 5.74) is 0.520. The minimum absolute atomic E-state index is 0.204. The van der Waals surface area contributed by atoms with Gasteiger partial charge in [-0.25, -0.2) is 13.3 Å². The highest BCUT2D eigenvalue weighted by Gasteiger charge is 2.17. The molecule has 1 aromatic carbocycles. The Hall–Kier alpha value is -0.740. The van der Waals surface area contributed by atoms with Crippen LogP contribution in [0.1, 0.15) is 26.3 Å². The second-order valence-corrected chi connectivity index (χ2v) is 5.74. The van der Waals surface area contributed by atoms with Gasteiger partial charge in [-0.1, -0.05) is 6.07 Å². The molecule has 2 nitrogen and oxygen atoms in total. The standard InChI is InChI=1S/C11H16FNOS/c1-8-5-6-10(9(12)7-8)15(14)13-11(2,3)4/h5-7,13H,1-4H3. The van der Waals surface area contributed by atoms with Crippen molar-refractivity contribution in [1.29, 1.82) is 0 Å². The zero-order chi connectivity index (χ0) is 11.6. The van der Waals surface area contributed by atoms with Gasteiger partial charge in [0.05, 0.1) is 4.90 Å². The van der Waals surface area contributed by atoms with Crippen LogP contribution in [0.15, 0.2) is 23.1 Å². The molecular formula is C11H16FNOS. The predicted octanol–water partition coefficient (Wildman–Crippen LogP) is 2.54. The molecule has 1 atom stereocenters. The summed E-state index contributed by atoms with van der Waals surface area (Å²) in [6, 6.07) is 4.69. The number of nitrogens with one attached hydrogen (secondary N) is 1. The first kappa shape index (κ1) is 12.3. The molecule has 0 amide bonds. The van der Waals surface area contributed by atoms with Gasteiger partial charge in [0.15, 0.2) is 0 Å². The molecule has 1 N–H and O–H groups in total. The number of hydrogen-bond acceptors (Lipinski definition) is 1. The molecule has 0 aliphatic heterocycles. The van der Waals surface area contributed by atoms with E-state index >= 15 is 0 Å². The fraction of sp³-hybridized carbons (Fsp3) is 0.455. The van der Waals surface area contributed by atoms with Crippen molar-refractivity contribution in [1.82, 2.24) is 4.72 Å². The third-order valence-electron chi connectivity index (χ3n) is 1.69. The van der Waals surface area contributed by atoms with E-state index in [9.17, 15) is 8.60 Å². The fourth-order valence-corrected chi connectivity index (χ4v) is 2.18.